The maximum atomic E-state index is 14.6. The molecule has 3 aliphatic heterocycles. The number of amides is 2. The highest BCUT2D eigenvalue weighted by Crippen LogP contribution is 2.51. The molecule has 16 heteroatoms. The van der Waals surface area contributed by atoms with Crippen molar-refractivity contribution in [1.82, 2.24) is 9.80 Å². The first-order chi connectivity index (χ1) is 20.7. The molecule has 0 saturated carbocycles. The van der Waals surface area contributed by atoms with Crippen molar-refractivity contribution in [3.8, 4) is 0 Å². The molecule has 0 bridgehead atoms. The molecule has 0 unspecified atom stereocenters. The molecule has 0 aromatic heterocycles. The summed E-state index contributed by atoms with van der Waals surface area (Å²) in [4.78, 5) is 40.6. The van der Waals surface area contributed by atoms with Gasteiger partial charge >= 0.3 is 12.3 Å². The Hall–Kier alpha value is -2.66. The quantitative estimate of drug-likeness (QED) is 0.181. The van der Waals surface area contributed by atoms with E-state index in [4.69, 9.17) is 23.7 Å². The molecule has 1 aromatic carbocycles. The number of carbonyl (C=O) groups excluding carboxylic acids is 2. The third-order valence-corrected chi connectivity index (χ3v) is 8.96. The first-order valence-electron chi connectivity index (χ1n) is 14.7. The summed E-state index contributed by atoms with van der Waals surface area (Å²) >= 11 is 0.695. The van der Waals surface area contributed by atoms with Crippen molar-refractivity contribution in [3.63, 3.8) is 0 Å². The second-order valence-corrected chi connectivity index (χ2v) is 14.3. The number of ether oxygens (including phenoxy) is 5. The first kappa shape index (κ1) is 35.2. The Morgan fingerprint density at radius 3 is 2.07 bits per heavy atom. The minimum Gasteiger partial charge on any atom is -0.444 e. The van der Waals surface area contributed by atoms with Crippen LogP contribution in [0.15, 0.2) is 17.0 Å². The molecule has 0 radical (unpaired) electrons. The van der Waals surface area contributed by atoms with Crippen LogP contribution in [0.5, 0.6) is 0 Å². The lowest BCUT2D eigenvalue weighted by Crippen LogP contribution is -2.63. The van der Waals surface area contributed by atoms with Gasteiger partial charge in [0.1, 0.15) is 10.3 Å². The Balaban J connectivity index is 1.72. The molecule has 252 valence electrons. The smallest absolute Gasteiger partial charge is 0.417 e. The van der Waals surface area contributed by atoms with Gasteiger partial charge in [-0.2, -0.15) is 13.2 Å². The van der Waals surface area contributed by atoms with E-state index in [0.29, 0.717) is 43.3 Å². The molecule has 4 rings (SSSR count). The van der Waals surface area contributed by atoms with Crippen molar-refractivity contribution < 1.29 is 51.4 Å². The van der Waals surface area contributed by atoms with Gasteiger partial charge in [-0.3, -0.25) is 14.9 Å². The number of halogens is 3. The lowest BCUT2D eigenvalue weighted by Gasteiger charge is -2.51. The number of nitrogens with zero attached hydrogens (tertiary/aromatic N) is 3. The molecular weight excluding hydrogens is 623 g/mol. The van der Waals surface area contributed by atoms with Gasteiger partial charge < -0.3 is 33.5 Å². The summed E-state index contributed by atoms with van der Waals surface area (Å²) in [5, 5.41) is 12.3. The van der Waals surface area contributed by atoms with Crippen LogP contribution in [0, 0.1) is 10.1 Å². The SMILES string of the molecule is CC1OC(C(C)(Sc2cc(C(F)(F)F)c(C(=O)N(C(C)C)[C@@H]3CCCN(C(=O)OC(C)(C)C)C3)cc2[N+](=O)[O-])C2OC(C)O2)O1. The van der Waals surface area contributed by atoms with Gasteiger partial charge in [0.25, 0.3) is 11.6 Å². The van der Waals surface area contributed by atoms with Gasteiger partial charge in [0, 0.05) is 25.2 Å². The average molecular weight is 664 g/mol. The number of thioether (sulfide) groups is 1. The third kappa shape index (κ3) is 7.67. The lowest BCUT2D eigenvalue weighted by atomic mass is 9.99. The van der Waals surface area contributed by atoms with E-state index in [1.54, 1.807) is 55.4 Å². The van der Waals surface area contributed by atoms with Crippen molar-refractivity contribution in [2.45, 2.75) is 127 Å². The molecule has 45 heavy (non-hydrogen) atoms. The van der Waals surface area contributed by atoms with E-state index in [1.807, 2.05) is 0 Å². The molecular formula is C29H40F3N3O9S. The third-order valence-electron chi connectivity index (χ3n) is 7.59. The van der Waals surface area contributed by atoms with Crippen LogP contribution in [-0.4, -0.2) is 87.4 Å². The number of piperidine rings is 1. The largest absolute Gasteiger partial charge is 0.444 e. The second-order valence-electron chi connectivity index (χ2n) is 12.8. The summed E-state index contributed by atoms with van der Waals surface area (Å²) < 4.78 is 70.5. The molecule has 3 aliphatic rings. The van der Waals surface area contributed by atoms with Crippen molar-refractivity contribution in [2.24, 2.45) is 0 Å². The molecule has 1 atom stereocenters. The van der Waals surface area contributed by atoms with E-state index in [1.165, 1.54) is 9.80 Å². The van der Waals surface area contributed by atoms with E-state index in [9.17, 15) is 32.9 Å². The molecule has 0 N–H and O–H groups in total. The fourth-order valence-corrected chi connectivity index (χ4v) is 6.84. The van der Waals surface area contributed by atoms with E-state index in [2.05, 4.69) is 0 Å². The van der Waals surface area contributed by atoms with Crippen molar-refractivity contribution in [3.05, 3.63) is 33.4 Å². The second kappa shape index (κ2) is 12.9. The minimum atomic E-state index is -5.04. The number of likely N-dealkylation sites (tertiary alicyclic amines) is 1. The summed E-state index contributed by atoms with van der Waals surface area (Å²) in [5.41, 5.74) is -3.66. The Bertz CT molecular complexity index is 1280. The minimum absolute atomic E-state index is 0.0359. The van der Waals surface area contributed by atoms with Crippen molar-refractivity contribution >= 4 is 29.4 Å². The van der Waals surface area contributed by atoms with Crippen LogP contribution in [0.4, 0.5) is 23.7 Å². The van der Waals surface area contributed by atoms with Crippen molar-refractivity contribution in [2.75, 3.05) is 13.1 Å². The standard InChI is InChI=1S/C29H40F3N3O9S/c1-15(2)34(18-10-9-11-33(14-18)26(37)44-27(5,6)7)23(36)19-12-21(35(38)39)22(13-20(19)29(30,31)32)45-28(8,24-40-16(3)41-24)25-42-17(4)43-25/h12-13,15-18,24-25H,9-11,14H2,1-8H3/t16?,17?,18-,24?,25?,28?/m1/s1. The predicted octanol–water partition coefficient (Wildman–Crippen LogP) is 6.15. The summed E-state index contributed by atoms with van der Waals surface area (Å²) in [7, 11) is 0. The Kier molecular flexibility index (Phi) is 10.1. The maximum absolute atomic E-state index is 14.6. The lowest BCUT2D eigenvalue weighted by molar-refractivity contribution is -0.441. The number of hydrogen-bond acceptors (Lipinski definition) is 10. The van der Waals surface area contributed by atoms with Gasteiger partial charge in [-0.05, 0) is 74.3 Å². The summed E-state index contributed by atoms with van der Waals surface area (Å²) in [5.74, 6) is -1.03. The van der Waals surface area contributed by atoms with Crippen LogP contribution in [0.1, 0.15) is 84.2 Å². The van der Waals surface area contributed by atoms with Gasteiger partial charge in [-0.25, -0.2) is 4.79 Å². The number of benzene rings is 1. The van der Waals surface area contributed by atoms with Crippen molar-refractivity contribution in [1.29, 1.82) is 0 Å². The fourth-order valence-electron chi connectivity index (χ4n) is 5.54. The van der Waals surface area contributed by atoms with E-state index < -0.39 is 87.5 Å². The number of carbonyl (C=O) groups is 2. The monoisotopic (exact) mass is 663 g/mol. The van der Waals surface area contributed by atoms with Crippen LogP contribution in [0.2, 0.25) is 0 Å². The molecule has 1 aromatic rings. The number of nitro benzene ring substituents is 1. The normalized spacial score (nSPS) is 26.8. The zero-order chi connectivity index (χ0) is 33.6. The maximum Gasteiger partial charge on any atom is 0.417 e. The summed E-state index contributed by atoms with van der Waals surface area (Å²) in [6.07, 6.45) is -7.93. The zero-order valence-corrected chi connectivity index (χ0v) is 27.3. The van der Waals surface area contributed by atoms with Crippen LogP contribution < -0.4 is 0 Å². The molecule has 3 saturated heterocycles. The molecule has 2 amide bonds. The highest BCUT2D eigenvalue weighted by Gasteiger charge is 2.56. The Morgan fingerprint density at radius 2 is 1.62 bits per heavy atom. The molecule has 0 aliphatic carbocycles. The first-order valence-corrected chi connectivity index (χ1v) is 15.5. The van der Waals surface area contributed by atoms with Crippen LogP contribution >= 0.6 is 11.8 Å². The Labute approximate surface area is 263 Å². The molecule has 3 heterocycles. The van der Waals surface area contributed by atoms with E-state index >= 15 is 0 Å². The summed E-state index contributed by atoms with van der Waals surface area (Å²) in [6.45, 7) is 13.6. The van der Waals surface area contributed by atoms with Gasteiger partial charge in [0.15, 0.2) is 25.2 Å². The van der Waals surface area contributed by atoms with Gasteiger partial charge in [0.2, 0.25) is 0 Å². The number of hydrogen-bond donors (Lipinski definition) is 0. The van der Waals surface area contributed by atoms with Crippen LogP contribution in [0.25, 0.3) is 0 Å². The van der Waals surface area contributed by atoms with Gasteiger partial charge in [0.05, 0.1) is 27.0 Å². The zero-order valence-electron chi connectivity index (χ0n) is 26.5. The van der Waals surface area contributed by atoms with Crippen LogP contribution in [-0.2, 0) is 29.9 Å². The molecule has 0 spiro atoms. The Morgan fingerprint density at radius 1 is 1.07 bits per heavy atom. The van der Waals surface area contributed by atoms with Gasteiger partial charge in [-0.15, -0.1) is 11.8 Å². The predicted molar refractivity (Wildman–Crippen MR) is 155 cm³/mol. The highest BCUT2D eigenvalue weighted by atomic mass is 32.2. The van der Waals surface area contributed by atoms with Crippen LogP contribution in [0.3, 0.4) is 0 Å². The number of rotatable bonds is 8. The van der Waals surface area contributed by atoms with E-state index in [0.717, 1.165) is 0 Å². The highest BCUT2D eigenvalue weighted by molar-refractivity contribution is 8.01. The number of alkyl halides is 3. The topological polar surface area (TPSA) is 130 Å². The molecule has 3 fully saturated rings. The molecule has 12 nitrogen and oxygen atoms in total. The fraction of sp³-hybridized carbons (Fsp3) is 0.724. The van der Waals surface area contributed by atoms with Gasteiger partial charge in [-0.1, -0.05) is 0 Å². The number of nitro groups is 1. The van der Waals surface area contributed by atoms with E-state index in [-0.39, 0.29) is 11.4 Å². The average Bonchev–Trinajstić information content (AvgIpc) is 2.87. The summed E-state index contributed by atoms with van der Waals surface area (Å²) in [6, 6.07) is 0.0446.